The lowest BCUT2D eigenvalue weighted by atomic mass is 9.95. The highest BCUT2D eigenvalue weighted by atomic mass is 16.2. The first-order valence-electron chi connectivity index (χ1n) is 8.49. The molecule has 0 radical (unpaired) electrons. The zero-order valence-corrected chi connectivity index (χ0v) is 14.2. The molecule has 0 saturated carbocycles. The van der Waals surface area contributed by atoms with E-state index >= 15 is 0 Å². The Labute approximate surface area is 142 Å². The van der Waals surface area contributed by atoms with Gasteiger partial charge in [0.2, 0.25) is 5.91 Å². The molecule has 2 aliphatic heterocycles. The molecule has 5 heteroatoms. The van der Waals surface area contributed by atoms with Gasteiger partial charge in [0.05, 0.1) is 12.2 Å². The molecule has 5 nitrogen and oxygen atoms in total. The van der Waals surface area contributed by atoms with E-state index in [0.29, 0.717) is 25.4 Å². The lowest BCUT2D eigenvalue weighted by molar-refractivity contribution is -0.133. The van der Waals surface area contributed by atoms with Crippen LogP contribution in [0.5, 0.6) is 0 Å². The van der Waals surface area contributed by atoms with Crippen LogP contribution in [0.25, 0.3) is 0 Å². The van der Waals surface area contributed by atoms with Crippen LogP contribution in [0.4, 0.5) is 5.69 Å². The number of carbonyl (C=O) groups excluding carboxylic acids is 1. The molecule has 2 aliphatic rings. The Kier molecular flexibility index (Phi) is 3.71. The molecule has 0 N–H and O–H groups in total. The molecule has 1 amide bonds. The summed E-state index contributed by atoms with van der Waals surface area (Å²) in [6, 6.07) is 6.14. The van der Waals surface area contributed by atoms with Crippen molar-refractivity contribution >= 4 is 11.6 Å². The summed E-state index contributed by atoms with van der Waals surface area (Å²) >= 11 is 0. The maximum atomic E-state index is 12.6. The number of hydrogen-bond donors (Lipinski definition) is 0. The monoisotopic (exact) mass is 322 g/mol. The van der Waals surface area contributed by atoms with Crippen LogP contribution in [0.2, 0.25) is 0 Å². The van der Waals surface area contributed by atoms with Gasteiger partial charge in [-0.05, 0) is 43.2 Å². The van der Waals surface area contributed by atoms with Crippen molar-refractivity contribution in [1.82, 2.24) is 14.9 Å². The number of nitrogens with zero attached hydrogens (tertiary/aromatic N) is 4. The van der Waals surface area contributed by atoms with Gasteiger partial charge in [-0.15, -0.1) is 0 Å². The van der Waals surface area contributed by atoms with Crippen LogP contribution < -0.4 is 4.90 Å². The van der Waals surface area contributed by atoms with Crippen LogP contribution in [0, 0.1) is 19.8 Å². The lowest BCUT2D eigenvalue weighted by Gasteiger charge is -2.41. The third kappa shape index (κ3) is 2.75. The standard InChI is InChI=1S/C19H22N4O/c1-13-7-14(2)21-18-12-23(11-17(13)18)19(24)8-15-9-22(10-15)16-3-5-20-6-4-16/h3-7,15H,8-12H2,1-2H3. The fourth-order valence-corrected chi connectivity index (χ4v) is 3.73. The van der Waals surface area contributed by atoms with Crippen LogP contribution in [-0.2, 0) is 17.9 Å². The number of aromatic nitrogens is 2. The van der Waals surface area contributed by atoms with Gasteiger partial charge in [0.1, 0.15) is 0 Å². The Morgan fingerprint density at radius 2 is 1.96 bits per heavy atom. The van der Waals surface area contributed by atoms with Crippen molar-refractivity contribution in [1.29, 1.82) is 0 Å². The SMILES string of the molecule is Cc1cc(C)c2c(n1)CN(C(=O)CC1CN(c3ccncc3)C1)C2. The molecule has 0 bridgehead atoms. The van der Waals surface area contributed by atoms with Crippen molar-refractivity contribution in [2.75, 3.05) is 18.0 Å². The van der Waals surface area contributed by atoms with Crippen LogP contribution in [-0.4, -0.2) is 33.9 Å². The van der Waals surface area contributed by atoms with Crippen molar-refractivity contribution in [2.24, 2.45) is 5.92 Å². The summed E-state index contributed by atoms with van der Waals surface area (Å²) in [6.07, 6.45) is 4.26. The summed E-state index contributed by atoms with van der Waals surface area (Å²) in [5.74, 6) is 0.703. The lowest BCUT2D eigenvalue weighted by Crippen LogP contribution is -2.48. The smallest absolute Gasteiger partial charge is 0.223 e. The molecule has 2 aromatic rings. The number of hydrogen-bond acceptors (Lipinski definition) is 4. The molecule has 24 heavy (non-hydrogen) atoms. The van der Waals surface area contributed by atoms with Crippen LogP contribution in [0.15, 0.2) is 30.6 Å². The number of rotatable bonds is 3. The predicted octanol–water partition coefficient (Wildman–Crippen LogP) is 2.46. The zero-order chi connectivity index (χ0) is 16.7. The van der Waals surface area contributed by atoms with Gasteiger partial charge in [0.25, 0.3) is 0 Å². The van der Waals surface area contributed by atoms with Gasteiger partial charge in [-0.2, -0.15) is 0 Å². The second-order valence-electron chi connectivity index (χ2n) is 6.94. The minimum absolute atomic E-state index is 0.254. The highest BCUT2D eigenvalue weighted by Crippen LogP contribution is 2.29. The Morgan fingerprint density at radius 3 is 2.71 bits per heavy atom. The zero-order valence-electron chi connectivity index (χ0n) is 14.2. The first kappa shape index (κ1) is 15.1. The molecule has 0 atom stereocenters. The van der Waals surface area contributed by atoms with E-state index < -0.39 is 0 Å². The first-order chi connectivity index (χ1) is 11.6. The van der Waals surface area contributed by atoms with Crippen LogP contribution >= 0.6 is 0 Å². The minimum atomic E-state index is 0.254. The predicted molar refractivity (Wildman–Crippen MR) is 92.5 cm³/mol. The van der Waals surface area contributed by atoms with Gasteiger partial charge in [-0.1, -0.05) is 0 Å². The van der Waals surface area contributed by atoms with Gasteiger partial charge in [0.15, 0.2) is 0 Å². The van der Waals surface area contributed by atoms with Crippen LogP contribution in [0.1, 0.15) is 28.9 Å². The maximum Gasteiger partial charge on any atom is 0.223 e. The van der Waals surface area contributed by atoms with Crippen molar-refractivity contribution < 1.29 is 4.79 Å². The summed E-state index contributed by atoms with van der Waals surface area (Å²) in [5.41, 5.74) is 5.79. The Bertz CT molecular complexity index is 768. The van der Waals surface area contributed by atoms with E-state index in [1.165, 1.54) is 16.8 Å². The Balaban J connectivity index is 1.33. The molecule has 2 aromatic heterocycles. The molecular weight excluding hydrogens is 300 g/mol. The van der Waals surface area contributed by atoms with E-state index in [1.807, 2.05) is 36.4 Å². The Hall–Kier alpha value is -2.43. The van der Waals surface area contributed by atoms with Gasteiger partial charge in [-0.25, -0.2) is 0 Å². The molecule has 0 aromatic carbocycles. The molecule has 0 aliphatic carbocycles. The van der Waals surface area contributed by atoms with Crippen LogP contribution in [0.3, 0.4) is 0 Å². The van der Waals surface area contributed by atoms with E-state index in [9.17, 15) is 4.79 Å². The second kappa shape index (κ2) is 5.89. The molecular formula is C19H22N4O. The maximum absolute atomic E-state index is 12.6. The average molecular weight is 322 g/mol. The molecule has 0 spiro atoms. The van der Waals surface area contributed by atoms with E-state index in [0.717, 1.165) is 24.5 Å². The van der Waals surface area contributed by atoms with E-state index in [4.69, 9.17) is 0 Å². The van der Waals surface area contributed by atoms with E-state index in [2.05, 4.69) is 27.9 Å². The highest BCUT2D eigenvalue weighted by Gasteiger charge is 2.32. The number of pyridine rings is 2. The molecule has 4 rings (SSSR count). The van der Waals surface area contributed by atoms with Gasteiger partial charge in [0, 0.05) is 55.7 Å². The normalized spacial score (nSPS) is 16.9. The third-order valence-corrected chi connectivity index (χ3v) is 5.05. The number of fused-ring (bicyclic) bond motifs is 1. The molecule has 1 fully saturated rings. The van der Waals surface area contributed by atoms with E-state index in [1.54, 1.807) is 0 Å². The molecule has 4 heterocycles. The van der Waals surface area contributed by atoms with Gasteiger partial charge >= 0.3 is 0 Å². The first-order valence-corrected chi connectivity index (χ1v) is 8.49. The largest absolute Gasteiger partial charge is 0.371 e. The van der Waals surface area contributed by atoms with Crippen molar-refractivity contribution in [3.05, 3.63) is 53.1 Å². The van der Waals surface area contributed by atoms with Crippen molar-refractivity contribution in [2.45, 2.75) is 33.4 Å². The van der Waals surface area contributed by atoms with Crippen molar-refractivity contribution in [3.63, 3.8) is 0 Å². The fraction of sp³-hybridized carbons (Fsp3) is 0.421. The number of amides is 1. The average Bonchev–Trinajstić information content (AvgIpc) is 2.95. The number of aryl methyl sites for hydroxylation is 2. The molecule has 124 valence electrons. The summed E-state index contributed by atoms with van der Waals surface area (Å²) in [7, 11) is 0. The van der Waals surface area contributed by atoms with Crippen molar-refractivity contribution in [3.8, 4) is 0 Å². The highest BCUT2D eigenvalue weighted by molar-refractivity contribution is 5.77. The summed E-state index contributed by atoms with van der Waals surface area (Å²) in [6.45, 7) is 7.41. The van der Waals surface area contributed by atoms with Gasteiger partial charge < -0.3 is 9.80 Å². The quantitative estimate of drug-likeness (QED) is 0.871. The second-order valence-corrected chi connectivity index (χ2v) is 6.94. The molecule has 1 saturated heterocycles. The Morgan fingerprint density at radius 1 is 1.21 bits per heavy atom. The number of anilines is 1. The minimum Gasteiger partial charge on any atom is -0.371 e. The summed E-state index contributed by atoms with van der Waals surface area (Å²) in [5, 5.41) is 0. The third-order valence-electron chi connectivity index (χ3n) is 5.05. The number of carbonyl (C=O) groups is 1. The van der Waals surface area contributed by atoms with Gasteiger partial charge in [-0.3, -0.25) is 14.8 Å². The van der Waals surface area contributed by atoms with E-state index in [-0.39, 0.29) is 5.91 Å². The topological polar surface area (TPSA) is 49.3 Å². The summed E-state index contributed by atoms with van der Waals surface area (Å²) in [4.78, 5) is 25.5. The fourth-order valence-electron chi connectivity index (χ4n) is 3.73. The molecule has 0 unspecified atom stereocenters. The summed E-state index contributed by atoms with van der Waals surface area (Å²) < 4.78 is 0.